The van der Waals surface area contributed by atoms with Gasteiger partial charge >= 0.3 is 5.97 Å². The van der Waals surface area contributed by atoms with Gasteiger partial charge in [-0.15, -0.1) is 18.3 Å². The second-order valence-electron chi connectivity index (χ2n) is 5.12. The molecule has 0 aliphatic carbocycles. The van der Waals surface area contributed by atoms with Crippen LogP contribution in [0, 0.1) is 0 Å². The number of aromatic nitrogens is 1. The summed E-state index contributed by atoms with van der Waals surface area (Å²) in [5, 5.41) is 3.91. The van der Waals surface area contributed by atoms with Crippen LogP contribution in [-0.2, 0) is 4.79 Å². The molecule has 0 saturated heterocycles. The molecule has 0 spiro atoms. The van der Waals surface area contributed by atoms with Crippen molar-refractivity contribution in [3.05, 3.63) is 66.5 Å². The fraction of sp³-hybridized carbons (Fsp3) is 0.158. The Bertz CT molecular complexity index is 825. The van der Waals surface area contributed by atoms with Gasteiger partial charge in [-0.1, -0.05) is 6.08 Å². The summed E-state index contributed by atoms with van der Waals surface area (Å²) >= 11 is 1.41. The minimum atomic E-state index is -0.369. The maximum absolute atomic E-state index is 11.9. The van der Waals surface area contributed by atoms with Crippen molar-refractivity contribution in [3.8, 4) is 11.5 Å². The van der Waals surface area contributed by atoms with Crippen molar-refractivity contribution in [2.45, 2.75) is 0 Å². The number of benzene rings is 1. The van der Waals surface area contributed by atoms with Crippen molar-refractivity contribution in [2.24, 2.45) is 5.10 Å². The van der Waals surface area contributed by atoms with E-state index < -0.39 is 0 Å². The molecule has 140 valence electrons. The molecule has 0 aliphatic rings. The van der Waals surface area contributed by atoms with Crippen LogP contribution in [0.1, 0.15) is 15.9 Å². The summed E-state index contributed by atoms with van der Waals surface area (Å²) in [6.07, 6.45) is 6.24. The van der Waals surface area contributed by atoms with E-state index in [0.717, 1.165) is 0 Å². The molecule has 1 N–H and O–H groups in total. The quantitative estimate of drug-likeness (QED) is 0.178. The summed E-state index contributed by atoms with van der Waals surface area (Å²) in [5.41, 5.74) is 3.55. The lowest BCUT2D eigenvalue weighted by molar-refractivity contribution is -0.131. The Labute approximate surface area is 161 Å². The first-order valence-corrected chi connectivity index (χ1v) is 9.10. The maximum Gasteiger partial charge on any atom is 0.321 e. The van der Waals surface area contributed by atoms with Gasteiger partial charge in [0.2, 0.25) is 0 Å². The normalized spacial score (nSPS) is 10.4. The van der Waals surface area contributed by atoms with Crippen LogP contribution >= 0.6 is 11.8 Å². The van der Waals surface area contributed by atoms with Crippen LogP contribution in [0.4, 0.5) is 0 Å². The number of carbonyl (C=O) groups excluding carboxylic acids is 2. The zero-order valence-corrected chi connectivity index (χ0v) is 15.6. The molecule has 2 rings (SSSR count). The average molecular weight is 385 g/mol. The second-order valence-corrected chi connectivity index (χ2v) is 6.15. The third-order valence-electron chi connectivity index (χ3n) is 3.19. The van der Waals surface area contributed by atoms with Gasteiger partial charge in [-0.25, -0.2) is 5.43 Å². The first-order valence-electron chi connectivity index (χ1n) is 7.95. The molecule has 7 nitrogen and oxygen atoms in total. The Morgan fingerprint density at radius 3 is 2.74 bits per heavy atom. The number of pyridine rings is 1. The number of rotatable bonds is 9. The van der Waals surface area contributed by atoms with Gasteiger partial charge in [0.15, 0.2) is 11.5 Å². The van der Waals surface area contributed by atoms with E-state index in [9.17, 15) is 9.59 Å². The molecule has 8 heteroatoms. The van der Waals surface area contributed by atoms with Crippen molar-refractivity contribution in [2.75, 3.05) is 18.6 Å². The number of hydrazone groups is 1. The fourth-order valence-corrected chi connectivity index (χ4v) is 2.47. The smallest absolute Gasteiger partial charge is 0.321 e. The number of nitrogens with one attached hydrogen (secondary N) is 1. The van der Waals surface area contributed by atoms with Gasteiger partial charge in [-0.05, 0) is 35.9 Å². The summed E-state index contributed by atoms with van der Waals surface area (Å²) in [5.74, 6) is 0.891. The zero-order chi connectivity index (χ0) is 19.5. The van der Waals surface area contributed by atoms with Crippen LogP contribution in [0.3, 0.4) is 0 Å². The number of methoxy groups -OCH3 is 1. The minimum Gasteiger partial charge on any atom is -0.493 e. The molecule has 1 aromatic heterocycles. The van der Waals surface area contributed by atoms with Gasteiger partial charge in [0, 0.05) is 23.7 Å². The van der Waals surface area contributed by atoms with E-state index in [1.807, 2.05) is 0 Å². The molecule has 27 heavy (non-hydrogen) atoms. The van der Waals surface area contributed by atoms with Crippen molar-refractivity contribution in [1.29, 1.82) is 0 Å². The van der Waals surface area contributed by atoms with Gasteiger partial charge in [0.1, 0.15) is 0 Å². The molecule has 0 unspecified atom stereocenters. The maximum atomic E-state index is 11.9. The van der Waals surface area contributed by atoms with Crippen molar-refractivity contribution in [3.63, 3.8) is 0 Å². The van der Waals surface area contributed by atoms with Crippen LogP contribution < -0.4 is 14.9 Å². The molecule has 0 radical (unpaired) electrons. The molecular formula is C19H19N3O4S. The Balaban J connectivity index is 1.97. The largest absolute Gasteiger partial charge is 0.493 e. The van der Waals surface area contributed by atoms with Crippen molar-refractivity contribution >= 4 is 29.9 Å². The summed E-state index contributed by atoms with van der Waals surface area (Å²) in [4.78, 5) is 27.6. The van der Waals surface area contributed by atoms with E-state index in [4.69, 9.17) is 9.47 Å². The lowest BCUT2D eigenvalue weighted by Gasteiger charge is -2.09. The molecule has 1 amide bonds. The highest BCUT2D eigenvalue weighted by Gasteiger charge is 2.10. The Morgan fingerprint density at radius 1 is 1.26 bits per heavy atom. The fourth-order valence-electron chi connectivity index (χ4n) is 1.96. The summed E-state index contributed by atoms with van der Waals surface area (Å²) in [6, 6.07) is 8.14. The number of hydrogen-bond acceptors (Lipinski definition) is 7. The number of hydrogen-bond donors (Lipinski definition) is 1. The Morgan fingerprint density at radius 2 is 2.04 bits per heavy atom. The number of nitrogens with zero attached hydrogens (tertiary/aromatic N) is 2. The summed E-state index contributed by atoms with van der Waals surface area (Å²) < 4.78 is 10.6. The molecular weight excluding hydrogens is 366 g/mol. The number of amides is 1. The van der Waals surface area contributed by atoms with Crippen LogP contribution in [0.2, 0.25) is 0 Å². The molecule has 0 saturated carbocycles. The van der Waals surface area contributed by atoms with Crippen LogP contribution in [-0.4, -0.2) is 41.7 Å². The molecule has 1 heterocycles. The van der Waals surface area contributed by atoms with E-state index in [-0.39, 0.29) is 17.6 Å². The highest BCUT2D eigenvalue weighted by molar-refractivity contribution is 8.00. The Hall–Kier alpha value is -3.13. The van der Waals surface area contributed by atoms with Crippen LogP contribution in [0.15, 0.2) is 60.5 Å². The minimum absolute atomic E-state index is 0.222. The molecule has 0 aliphatic heterocycles. The molecule has 0 bridgehead atoms. The van der Waals surface area contributed by atoms with Crippen molar-refractivity contribution in [1.82, 2.24) is 10.4 Å². The first-order chi connectivity index (χ1) is 13.1. The second kappa shape index (κ2) is 10.8. The molecule has 0 fully saturated rings. The summed E-state index contributed by atoms with van der Waals surface area (Å²) in [6.45, 7) is 3.60. The number of carbonyl (C=O) groups is 2. The number of esters is 1. The summed E-state index contributed by atoms with van der Waals surface area (Å²) in [7, 11) is 1.48. The number of thioether (sulfide) groups is 1. The lowest BCUT2D eigenvalue weighted by Crippen LogP contribution is -2.17. The van der Waals surface area contributed by atoms with Crippen molar-refractivity contribution < 1.29 is 19.1 Å². The predicted molar refractivity (Wildman–Crippen MR) is 105 cm³/mol. The standard InChI is InChI=1S/C19H19N3O4S/c1-3-10-27-13-18(23)26-16-5-4-14(11-17(16)25-2)12-21-22-19(24)15-6-8-20-9-7-15/h3-9,11-12H,1,10,13H2,2H3,(H,22,24). The highest BCUT2D eigenvalue weighted by atomic mass is 32.2. The van der Waals surface area contributed by atoms with Gasteiger partial charge < -0.3 is 9.47 Å². The first kappa shape index (κ1) is 20.2. The molecule has 1 aromatic carbocycles. The predicted octanol–water partition coefficient (Wildman–Crippen LogP) is 2.68. The van der Waals surface area contributed by atoms with Gasteiger partial charge in [0.05, 0.1) is 19.1 Å². The topological polar surface area (TPSA) is 89.9 Å². The van der Waals surface area contributed by atoms with E-state index in [1.165, 1.54) is 37.5 Å². The molecule has 0 atom stereocenters. The lowest BCUT2D eigenvalue weighted by atomic mass is 10.2. The Kier molecular flexibility index (Phi) is 8.05. The third kappa shape index (κ3) is 6.59. The van der Waals surface area contributed by atoms with E-state index in [0.29, 0.717) is 28.4 Å². The van der Waals surface area contributed by atoms with Gasteiger partial charge in [-0.3, -0.25) is 14.6 Å². The zero-order valence-electron chi connectivity index (χ0n) is 14.8. The third-order valence-corrected chi connectivity index (χ3v) is 4.10. The van der Waals surface area contributed by atoms with Crippen LogP contribution in [0.25, 0.3) is 0 Å². The highest BCUT2D eigenvalue weighted by Crippen LogP contribution is 2.28. The average Bonchev–Trinajstić information content (AvgIpc) is 2.69. The SMILES string of the molecule is C=CCSCC(=O)Oc1ccc(C=NNC(=O)c2ccncc2)cc1OC. The van der Waals surface area contributed by atoms with Gasteiger partial charge in [-0.2, -0.15) is 5.10 Å². The van der Waals surface area contributed by atoms with E-state index in [1.54, 1.807) is 36.4 Å². The van der Waals surface area contributed by atoms with E-state index >= 15 is 0 Å². The van der Waals surface area contributed by atoms with Crippen LogP contribution in [0.5, 0.6) is 11.5 Å². The van der Waals surface area contributed by atoms with Gasteiger partial charge in [0.25, 0.3) is 5.91 Å². The number of ether oxygens (including phenoxy) is 2. The van der Waals surface area contributed by atoms with E-state index in [2.05, 4.69) is 22.1 Å². The monoisotopic (exact) mass is 385 g/mol. The molecule has 2 aromatic rings.